The van der Waals surface area contributed by atoms with Gasteiger partial charge in [-0.05, 0) is 26.7 Å². The Hall–Kier alpha value is -1.91. The fraction of sp³-hybridized carbons (Fsp3) is 0.562. The second-order valence-electron chi connectivity index (χ2n) is 5.78. The molecular formula is C16H22N4O. The van der Waals surface area contributed by atoms with E-state index in [1.165, 1.54) is 32.1 Å². The molecule has 21 heavy (non-hydrogen) atoms. The van der Waals surface area contributed by atoms with Gasteiger partial charge in [0.25, 0.3) is 0 Å². The molecule has 0 aliphatic heterocycles. The van der Waals surface area contributed by atoms with E-state index in [-0.39, 0.29) is 5.78 Å². The molecule has 0 unspecified atom stereocenters. The third-order valence-corrected chi connectivity index (χ3v) is 4.30. The second kappa shape index (κ2) is 5.84. The van der Waals surface area contributed by atoms with Crippen molar-refractivity contribution >= 4 is 22.5 Å². The summed E-state index contributed by atoms with van der Waals surface area (Å²) >= 11 is 0. The van der Waals surface area contributed by atoms with E-state index in [0.717, 1.165) is 23.3 Å². The summed E-state index contributed by atoms with van der Waals surface area (Å²) in [4.78, 5) is 16.3. The predicted octanol–water partition coefficient (Wildman–Crippen LogP) is 3.40. The van der Waals surface area contributed by atoms with Gasteiger partial charge in [-0.2, -0.15) is 5.10 Å². The molecule has 5 nitrogen and oxygen atoms in total. The molecule has 0 radical (unpaired) electrons. The molecule has 1 saturated carbocycles. The highest BCUT2D eigenvalue weighted by atomic mass is 16.1. The Bertz CT molecular complexity index is 656. The first-order valence-corrected chi connectivity index (χ1v) is 7.82. The van der Waals surface area contributed by atoms with E-state index >= 15 is 0 Å². The third-order valence-electron chi connectivity index (χ3n) is 4.30. The number of pyridine rings is 1. The average Bonchev–Trinajstić information content (AvgIpc) is 2.92. The second-order valence-corrected chi connectivity index (χ2v) is 5.78. The van der Waals surface area contributed by atoms with E-state index in [9.17, 15) is 4.79 Å². The Balaban J connectivity index is 2.05. The number of rotatable bonds is 4. The van der Waals surface area contributed by atoms with Crippen molar-refractivity contribution in [1.29, 1.82) is 0 Å². The van der Waals surface area contributed by atoms with Crippen LogP contribution in [0.4, 0.5) is 5.69 Å². The number of ketones is 1. The van der Waals surface area contributed by atoms with Gasteiger partial charge in [0.1, 0.15) is 0 Å². The quantitative estimate of drug-likeness (QED) is 0.875. The van der Waals surface area contributed by atoms with E-state index in [1.807, 2.05) is 17.8 Å². The average molecular weight is 286 g/mol. The summed E-state index contributed by atoms with van der Waals surface area (Å²) in [5, 5.41) is 8.92. The summed E-state index contributed by atoms with van der Waals surface area (Å²) in [7, 11) is 0. The van der Waals surface area contributed by atoms with Gasteiger partial charge in [-0.15, -0.1) is 0 Å². The van der Waals surface area contributed by atoms with Crippen LogP contribution in [0.15, 0.2) is 12.4 Å². The third kappa shape index (κ3) is 2.64. The van der Waals surface area contributed by atoms with Crippen molar-refractivity contribution in [1.82, 2.24) is 14.8 Å². The Morgan fingerprint density at radius 3 is 2.76 bits per heavy atom. The lowest BCUT2D eigenvalue weighted by atomic mass is 9.95. The van der Waals surface area contributed by atoms with E-state index in [2.05, 4.69) is 15.4 Å². The zero-order valence-electron chi connectivity index (χ0n) is 12.7. The summed E-state index contributed by atoms with van der Waals surface area (Å²) in [5.41, 5.74) is 2.43. The van der Waals surface area contributed by atoms with Crippen molar-refractivity contribution in [2.24, 2.45) is 0 Å². The van der Waals surface area contributed by atoms with Crippen LogP contribution in [-0.4, -0.2) is 26.6 Å². The van der Waals surface area contributed by atoms with Crippen LogP contribution >= 0.6 is 0 Å². The fourth-order valence-corrected chi connectivity index (χ4v) is 3.13. The van der Waals surface area contributed by atoms with Crippen molar-refractivity contribution in [3.63, 3.8) is 0 Å². The molecule has 0 bridgehead atoms. The number of nitrogens with one attached hydrogen (secondary N) is 1. The van der Waals surface area contributed by atoms with Crippen LogP contribution in [0.2, 0.25) is 0 Å². The van der Waals surface area contributed by atoms with Gasteiger partial charge in [-0.1, -0.05) is 19.3 Å². The monoisotopic (exact) mass is 286 g/mol. The lowest BCUT2D eigenvalue weighted by molar-refractivity contribution is 0.101. The largest absolute Gasteiger partial charge is 0.381 e. The zero-order valence-corrected chi connectivity index (χ0v) is 12.7. The first kappa shape index (κ1) is 14.0. The molecule has 2 heterocycles. The summed E-state index contributed by atoms with van der Waals surface area (Å²) in [6.45, 7) is 4.42. The van der Waals surface area contributed by atoms with E-state index in [4.69, 9.17) is 0 Å². The highest BCUT2D eigenvalue weighted by molar-refractivity contribution is 6.06. The lowest BCUT2D eigenvalue weighted by Gasteiger charge is -2.25. The highest BCUT2D eigenvalue weighted by Crippen LogP contribution is 2.30. The number of hydrogen-bond donors (Lipinski definition) is 1. The molecule has 5 heteroatoms. The predicted molar refractivity (Wildman–Crippen MR) is 83.7 cm³/mol. The zero-order chi connectivity index (χ0) is 14.8. The maximum Gasteiger partial charge on any atom is 0.163 e. The van der Waals surface area contributed by atoms with Crippen LogP contribution < -0.4 is 5.32 Å². The van der Waals surface area contributed by atoms with Gasteiger partial charge < -0.3 is 5.32 Å². The first-order chi connectivity index (χ1) is 10.2. The topological polar surface area (TPSA) is 59.8 Å². The minimum absolute atomic E-state index is 0.0481. The van der Waals surface area contributed by atoms with Crippen LogP contribution in [0.1, 0.15) is 56.3 Å². The Labute approximate surface area is 124 Å². The maximum atomic E-state index is 11.9. The number of nitrogens with zero attached hydrogens (tertiary/aromatic N) is 3. The fourth-order valence-electron chi connectivity index (χ4n) is 3.13. The Morgan fingerprint density at radius 1 is 1.33 bits per heavy atom. The normalized spacial score (nSPS) is 16.3. The number of aryl methyl sites for hydroxylation is 1. The van der Waals surface area contributed by atoms with Gasteiger partial charge in [-0.3, -0.25) is 4.79 Å². The number of Topliss-reactive ketones (excluding diaryl/α,β-unsaturated/α-hetero) is 1. The summed E-state index contributed by atoms with van der Waals surface area (Å²) < 4.78 is 1.87. The standard InChI is InChI=1S/C16H22N4O/c1-3-20-16-14(10-18-20)15(13(9-17-16)11(2)21)19-12-7-5-4-6-8-12/h9-10,12H,3-8H2,1-2H3,(H,17,19). The molecular weight excluding hydrogens is 264 g/mol. The maximum absolute atomic E-state index is 11.9. The lowest BCUT2D eigenvalue weighted by Crippen LogP contribution is -2.23. The van der Waals surface area contributed by atoms with Crippen LogP contribution in [0.25, 0.3) is 11.0 Å². The number of aromatic nitrogens is 3. The highest BCUT2D eigenvalue weighted by Gasteiger charge is 2.20. The van der Waals surface area contributed by atoms with Gasteiger partial charge in [0, 0.05) is 18.8 Å². The molecule has 0 amide bonds. The number of carbonyl (C=O) groups excluding carboxylic acids is 1. The molecule has 1 aliphatic rings. The molecule has 0 saturated heterocycles. The van der Waals surface area contributed by atoms with Gasteiger partial charge in [0.15, 0.2) is 11.4 Å². The minimum Gasteiger partial charge on any atom is -0.381 e. The SMILES string of the molecule is CCn1ncc2c(NC3CCCCC3)c(C(C)=O)cnc21. The van der Waals surface area contributed by atoms with Gasteiger partial charge in [0.2, 0.25) is 0 Å². The molecule has 1 aliphatic carbocycles. The van der Waals surface area contributed by atoms with Crippen molar-refractivity contribution in [2.75, 3.05) is 5.32 Å². The number of carbonyl (C=O) groups is 1. The molecule has 0 atom stereocenters. The first-order valence-electron chi connectivity index (χ1n) is 7.82. The molecule has 0 spiro atoms. The van der Waals surface area contributed by atoms with Crippen LogP contribution in [0.3, 0.4) is 0 Å². The smallest absolute Gasteiger partial charge is 0.163 e. The molecule has 3 rings (SSSR count). The molecule has 1 fully saturated rings. The summed E-state index contributed by atoms with van der Waals surface area (Å²) in [6, 6.07) is 0.451. The van der Waals surface area contributed by atoms with Crippen molar-refractivity contribution < 1.29 is 4.79 Å². The van der Waals surface area contributed by atoms with Gasteiger partial charge in [-0.25, -0.2) is 9.67 Å². The van der Waals surface area contributed by atoms with E-state index in [0.29, 0.717) is 11.6 Å². The van der Waals surface area contributed by atoms with Crippen molar-refractivity contribution in [2.45, 2.75) is 58.5 Å². The number of anilines is 1. The van der Waals surface area contributed by atoms with Crippen LogP contribution in [0.5, 0.6) is 0 Å². The minimum atomic E-state index is 0.0481. The molecule has 0 aromatic carbocycles. The molecule has 1 N–H and O–H groups in total. The Kier molecular flexibility index (Phi) is 3.90. The van der Waals surface area contributed by atoms with Crippen LogP contribution in [0, 0.1) is 0 Å². The number of hydrogen-bond acceptors (Lipinski definition) is 4. The van der Waals surface area contributed by atoms with Crippen molar-refractivity contribution in [3.05, 3.63) is 18.0 Å². The van der Waals surface area contributed by atoms with E-state index < -0.39 is 0 Å². The van der Waals surface area contributed by atoms with E-state index in [1.54, 1.807) is 13.1 Å². The molecule has 2 aromatic heterocycles. The van der Waals surface area contributed by atoms with Gasteiger partial charge >= 0.3 is 0 Å². The Morgan fingerprint density at radius 2 is 2.10 bits per heavy atom. The van der Waals surface area contributed by atoms with Crippen LogP contribution in [-0.2, 0) is 6.54 Å². The van der Waals surface area contributed by atoms with Gasteiger partial charge in [0.05, 0.1) is 22.8 Å². The summed E-state index contributed by atoms with van der Waals surface area (Å²) in [5.74, 6) is 0.0481. The summed E-state index contributed by atoms with van der Waals surface area (Å²) in [6.07, 6.45) is 9.68. The molecule has 112 valence electrons. The molecule has 2 aromatic rings. The number of fused-ring (bicyclic) bond motifs is 1. The van der Waals surface area contributed by atoms with Crippen molar-refractivity contribution in [3.8, 4) is 0 Å².